The molecule has 0 aliphatic heterocycles. The first-order valence-corrected chi connectivity index (χ1v) is 7.21. The molecule has 0 saturated carbocycles. The van der Waals surface area contributed by atoms with Crippen LogP contribution in [0.1, 0.15) is 16.2 Å². The van der Waals surface area contributed by atoms with Crippen molar-refractivity contribution in [3.63, 3.8) is 0 Å². The number of rotatable bonds is 4. The second-order valence-corrected chi connectivity index (χ2v) is 5.14. The number of pyridine rings is 1. The molecule has 0 fully saturated rings. The largest absolute Gasteiger partial charge is 0.497 e. The van der Waals surface area contributed by atoms with Crippen molar-refractivity contribution in [3.05, 3.63) is 53.7 Å². The molecule has 0 spiro atoms. The molecule has 3 rings (SSSR count). The summed E-state index contributed by atoms with van der Waals surface area (Å²) < 4.78 is 25.3. The van der Waals surface area contributed by atoms with E-state index in [1.807, 2.05) is 0 Å². The van der Waals surface area contributed by atoms with Gasteiger partial charge in [0.15, 0.2) is 0 Å². The third-order valence-electron chi connectivity index (χ3n) is 3.63. The lowest BCUT2D eigenvalue weighted by atomic mass is 10.2. The number of benzene rings is 1. The number of hydrogen-bond acceptors (Lipinski definition) is 4. The van der Waals surface area contributed by atoms with Crippen LogP contribution in [0.4, 0.5) is 10.1 Å². The standard InChI is InChI=1S/C17H16FN3O3/c1-10-16(21-9-11(18)4-7-15(21)19-10)17(22)20-13-6-5-12(23-2)8-14(13)24-3/h4-9H,1-3H3,(H,20,22). The Labute approximate surface area is 137 Å². The maximum atomic E-state index is 13.5. The average molecular weight is 329 g/mol. The molecule has 0 unspecified atom stereocenters. The number of fused-ring (bicyclic) bond motifs is 1. The predicted octanol–water partition coefficient (Wildman–Crippen LogP) is 3.05. The Hall–Kier alpha value is -3.09. The SMILES string of the molecule is COc1ccc(NC(=O)c2c(C)nc3ccc(F)cn23)c(OC)c1. The number of aromatic nitrogens is 2. The van der Waals surface area contributed by atoms with E-state index < -0.39 is 11.7 Å². The molecule has 1 amide bonds. The number of nitrogens with zero attached hydrogens (tertiary/aromatic N) is 2. The second-order valence-electron chi connectivity index (χ2n) is 5.14. The number of aryl methyl sites for hydroxylation is 1. The van der Waals surface area contributed by atoms with E-state index in [0.717, 1.165) is 0 Å². The number of carbonyl (C=O) groups excluding carboxylic acids is 1. The fourth-order valence-corrected chi connectivity index (χ4v) is 2.49. The van der Waals surface area contributed by atoms with E-state index in [1.165, 1.54) is 29.8 Å². The van der Waals surface area contributed by atoms with Crippen LogP contribution in [0.3, 0.4) is 0 Å². The van der Waals surface area contributed by atoms with E-state index in [1.54, 1.807) is 32.2 Å². The van der Waals surface area contributed by atoms with Crippen molar-refractivity contribution in [2.24, 2.45) is 0 Å². The minimum atomic E-state index is -0.448. The number of methoxy groups -OCH3 is 2. The van der Waals surface area contributed by atoms with Gasteiger partial charge in [-0.2, -0.15) is 0 Å². The van der Waals surface area contributed by atoms with E-state index in [0.29, 0.717) is 28.5 Å². The summed E-state index contributed by atoms with van der Waals surface area (Å²) in [7, 11) is 3.04. The van der Waals surface area contributed by atoms with Crippen molar-refractivity contribution in [1.29, 1.82) is 0 Å². The summed E-state index contributed by atoms with van der Waals surface area (Å²) in [4.78, 5) is 16.9. The van der Waals surface area contributed by atoms with Gasteiger partial charge in [-0.05, 0) is 31.2 Å². The lowest BCUT2D eigenvalue weighted by Crippen LogP contribution is -2.16. The van der Waals surface area contributed by atoms with Gasteiger partial charge in [-0.25, -0.2) is 9.37 Å². The van der Waals surface area contributed by atoms with Gasteiger partial charge in [-0.15, -0.1) is 0 Å². The Morgan fingerprint density at radius 3 is 2.71 bits per heavy atom. The van der Waals surface area contributed by atoms with Crippen LogP contribution in [0.15, 0.2) is 36.5 Å². The molecule has 1 N–H and O–H groups in total. The minimum Gasteiger partial charge on any atom is -0.497 e. The van der Waals surface area contributed by atoms with Crippen molar-refractivity contribution >= 4 is 17.2 Å². The Kier molecular flexibility index (Phi) is 4.07. The van der Waals surface area contributed by atoms with Crippen LogP contribution in [-0.2, 0) is 0 Å². The summed E-state index contributed by atoms with van der Waals surface area (Å²) in [5.74, 6) is 0.211. The maximum absolute atomic E-state index is 13.5. The normalized spacial score (nSPS) is 10.7. The molecular formula is C17H16FN3O3. The van der Waals surface area contributed by atoms with Gasteiger partial charge in [0.2, 0.25) is 0 Å². The predicted molar refractivity (Wildman–Crippen MR) is 87.4 cm³/mol. The summed E-state index contributed by atoms with van der Waals surface area (Å²) in [6, 6.07) is 7.87. The smallest absolute Gasteiger partial charge is 0.274 e. The number of anilines is 1. The van der Waals surface area contributed by atoms with Gasteiger partial charge in [0.1, 0.15) is 28.7 Å². The Bertz CT molecular complexity index is 921. The molecule has 124 valence electrons. The fraction of sp³-hybridized carbons (Fsp3) is 0.176. The maximum Gasteiger partial charge on any atom is 0.274 e. The molecule has 0 bridgehead atoms. The number of amides is 1. The number of nitrogens with one attached hydrogen (secondary N) is 1. The molecule has 0 aliphatic carbocycles. The lowest BCUT2D eigenvalue weighted by Gasteiger charge is -2.12. The van der Waals surface area contributed by atoms with Gasteiger partial charge in [-0.3, -0.25) is 9.20 Å². The number of carbonyl (C=O) groups is 1. The van der Waals surface area contributed by atoms with Crippen LogP contribution in [0.2, 0.25) is 0 Å². The summed E-state index contributed by atoms with van der Waals surface area (Å²) in [5.41, 5.74) is 1.75. The molecule has 2 heterocycles. The highest BCUT2D eigenvalue weighted by Gasteiger charge is 2.18. The Morgan fingerprint density at radius 2 is 2.00 bits per heavy atom. The summed E-state index contributed by atoms with van der Waals surface area (Å²) in [5, 5.41) is 2.76. The van der Waals surface area contributed by atoms with Crippen LogP contribution in [0.25, 0.3) is 5.65 Å². The van der Waals surface area contributed by atoms with E-state index in [2.05, 4.69) is 10.3 Å². The zero-order valence-corrected chi connectivity index (χ0v) is 13.5. The highest BCUT2D eigenvalue weighted by molar-refractivity contribution is 6.05. The molecule has 1 aromatic carbocycles. The van der Waals surface area contributed by atoms with Gasteiger partial charge >= 0.3 is 0 Å². The van der Waals surface area contributed by atoms with E-state index in [-0.39, 0.29) is 5.69 Å². The van der Waals surface area contributed by atoms with Gasteiger partial charge < -0.3 is 14.8 Å². The highest BCUT2D eigenvalue weighted by Crippen LogP contribution is 2.29. The number of ether oxygens (including phenoxy) is 2. The van der Waals surface area contributed by atoms with Crippen molar-refractivity contribution in [1.82, 2.24) is 9.38 Å². The van der Waals surface area contributed by atoms with Gasteiger partial charge in [0, 0.05) is 12.3 Å². The van der Waals surface area contributed by atoms with Crippen LogP contribution < -0.4 is 14.8 Å². The topological polar surface area (TPSA) is 64.9 Å². The first-order valence-electron chi connectivity index (χ1n) is 7.21. The molecule has 2 aromatic heterocycles. The van der Waals surface area contributed by atoms with Crippen LogP contribution >= 0.6 is 0 Å². The monoisotopic (exact) mass is 329 g/mol. The van der Waals surface area contributed by atoms with Crippen molar-refractivity contribution in [2.45, 2.75) is 6.92 Å². The zero-order chi connectivity index (χ0) is 17.3. The molecule has 3 aromatic rings. The molecule has 0 saturated heterocycles. The van der Waals surface area contributed by atoms with Gasteiger partial charge in [0.05, 0.1) is 25.6 Å². The molecular weight excluding hydrogens is 313 g/mol. The third kappa shape index (κ3) is 2.76. The minimum absolute atomic E-state index is 0.266. The van der Waals surface area contributed by atoms with E-state index >= 15 is 0 Å². The molecule has 24 heavy (non-hydrogen) atoms. The molecule has 7 heteroatoms. The summed E-state index contributed by atoms with van der Waals surface area (Å²) in [6.45, 7) is 1.70. The second kappa shape index (κ2) is 6.19. The summed E-state index contributed by atoms with van der Waals surface area (Å²) in [6.07, 6.45) is 1.23. The quantitative estimate of drug-likeness (QED) is 0.799. The Morgan fingerprint density at radius 1 is 1.21 bits per heavy atom. The summed E-state index contributed by atoms with van der Waals surface area (Å²) >= 11 is 0. The zero-order valence-electron chi connectivity index (χ0n) is 13.5. The first kappa shape index (κ1) is 15.8. The number of imidazole rings is 1. The molecule has 0 aliphatic rings. The van der Waals surface area contributed by atoms with Gasteiger partial charge in [0.25, 0.3) is 5.91 Å². The molecule has 0 radical (unpaired) electrons. The van der Waals surface area contributed by atoms with Crippen molar-refractivity contribution in [2.75, 3.05) is 19.5 Å². The molecule has 0 atom stereocenters. The van der Waals surface area contributed by atoms with Crippen LogP contribution in [0.5, 0.6) is 11.5 Å². The van der Waals surface area contributed by atoms with Crippen LogP contribution in [-0.4, -0.2) is 29.5 Å². The lowest BCUT2D eigenvalue weighted by molar-refractivity contribution is 0.102. The van der Waals surface area contributed by atoms with E-state index in [4.69, 9.17) is 9.47 Å². The average Bonchev–Trinajstić information content (AvgIpc) is 2.90. The number of halogens is 1. The fourth-order valence-electron chi connectivity index (χ4n) is 2.49. The molecule has 6 nitrogen and oxygen atoms in total. The van der Waals surface area contributed by atoms with E-state index in [9.17, 15) is 9.18 Å². The van der Waals surface area contributed by atoms with Gasteiger partial charge in [-0.1, -0.05) is 0 Å². The van der Waals surface area contributed by atoms with Crippen molar-refractivity contribution in [3.8, 4) is 11.5 Å². The van der Waals surface area contributed by atoms with Crippen LogP contribution in [0, 0.1) is 12.7 Å². The third-order valence-corrected chi connectivity index (χ3v) is 3.63. The Balaban J connectivity index is 1.99. The van der Waals surface area contributed by atoms with Crippen molar-refractivity contribution < 1.29 is 18.7 Å². The first-order chi connectivity index (χ1) is 11.5. The highest BCUT2D eigenvalue weighted by atomic mass is 19.1. The number of hydrogen-bond donors (Lipinski definition) is 1.